The van der Waals surface area contributed by atoms with Crippen LogP contribution in [0.2, 0.25) is 0 Å². The van der Waals surface area contributed by atoms with Crippen LogP contribution in [0.1, 0.15) is 44.9 Å². The number of nitrogens with two attached hydrogens (primary N) is 1. The van der Waals surface area contributed by atoms with E-state index >= 15 is 0 Å². The Morgan fingerprint density at radius 1 is 1.30 bits per heavy atom. The van der Waals surface area contributed by atoms with E-state index in [1.54, 1.807) is 0 Å². The molecule has 0 amide bonds. The number of rotatable bonds is 3. The Kier molecular flexibility index (Phi) is 4.84. The highest BCUT2D eigenvalue weighted by molar-refractivity contribution is 5.29. The molecule has 0 radical (unpaired) electrons. The van der Waals surface area contributed by atoms with E-state index in [1.165, 1.54) is 11.1 Å². The minimum absolute atomic E-state index is 0.0781. The second-order valence-electron chi connectivity index (χ2n) is 6.92. The molecule has 2 atom stereocenters. The van der Waals surface area contributed by atoms with Crippen LogP contribution in [-0.2, 0) is 10.2 Å². The van der Waals surface area contributed by atoms with Gasteiger partial charge in [-0.15, -0.1) is 0 Å². The third kappa shape index (κ3) is 4.05. The quantitative estimate of drug-likeness (QED) is 0.922. The monoisotopic (exact) mass is 276 g/mol. The lowest BCUT2D eigenvalue weighted by Crippen LogP contribution is -2.44. The number of ether oxygens (including phenoxy) is 1. The van der Waals surface area contributed by atoms with Crippen molar-refractivity contribution in [3.8, 4) is 0 Å². The summed E-state index contributed by atoms with van der Waals surface area (Å²) < 4.78 is 5.57. The third-order valence-electron chi connectivity index (χ3n) is 3.98. The summed E-state index contributed by atoms with van der Waals surface area (Å²) in [5.74, 6) is 0. The zero-order valence-electron chi connectivity index (χ0n) is 13.2. The van der Waals surface area contributed by atoms with Crippen LogP contribution in [0.5, 0.6) is 0 Å². The second-order valence-corrected chi connectivity index (χ2v) is 6.92. The molecular weight excluding hydrogens is 248 g/mol. The zero-order chi connectivity index (χ0) is 14.8. The molecule has 0 bridgehead atoms. The van der Waals surface area contributed by atoms with E-state index < -0.39 is 0 Å². The standard InChI is InChI=1S/C17H28N2O/c1-13-11-19(9-10-20-13)12-16(18)14-5-7-15(8-6-14)17(2,3)4/h5-8,13,16H,9-12,18H2,1-4H3. The number of nitrogens with zero attached hydrogens (tertiary/aromatic N) is 1. The van der Waals surface area contributed by atoms with Gasteiger partial charge < -0.3 is 10.5 Å². The summed E-state index contributed by atoms with van der Waals surface area (Å²) in [6.45, 7) is 12.5. The van der Waals surface area contributed by atoms with Gasteiger partial charge in [-0.1, -0.05) is 45.0 Å². The summed E-state index contributed by atoms with van der Waals surface area (Å²) in [7, 11) is 0. The summed E-state index contributed by atoms with van der Waals surface area (Å²) in [5, 5.41) is 0. The highest BCUT2D eigenvalue weighted by Crippen LogP contribution is 2.23. The lowest BCUT2D eigenvalue weighted by atomic mass is 9.86. The molecule has 2 rings (SSSR count). The highest BCUT2D eigenvalue weighted by atomic mass is 16.5. The Morgan fingerprint density at radius 2 is 1.95 bits per heavy atom. The van der Waals surface area contributed by atoms with Gasteiger partial charge in [-0.05, 0) is 23.5 Å². The summed E-state index contributed by atoms with van der Waals surface area (Å²) in [6.07, 6.45) is 0.319. The van der Waals surface area contributed by atoms with E-state index in [4.69, 9.17) is 10.5 Å². The van der Waals surface area contributed by atoms with Gasteiger partial charge in [0.15, 0.2) is 0 Å². The molecule has 0 spiro atoms. The van der Waals surface area contributed by atoms with Crippen molar-refractivity contribution in [2.24, 2.45) is 5.73 Å². The van der Waals surface area contributed by atoms with Gasteiger partial charge in [0.05, 0.1) is 12.7 Å². The number of hydrogen-bond donors (Lipinski definition) is 1. The zero-order valence-corrected chi connectivity index (χ0v) is 13.2. The molecule has 2 N–H and O–H groups in total. The van der Waals surface area contributed by atoms with Gasteiger partial charge in [0.1, 0.15) is 0 Å². The summed E-state index contributed by atoms with van der Waals surface area (Å²) in [5.41, 5.74) is 9.12. The maximum atomic E-state index is 6.35. The van der Waals surface area contributed by atoms with E-state index in [0.29, 0.717) is 6.10 Å². The molecule has 0 saturated carbocycles. The molecule has 3 heteroatoms. The fraction of sp³-hybridized carbons (Fsp3) is 0.647. The molecule has 0 aliphatic carbocycles. The van der Waals surface area contributed by atoms with Crippen molar-refractivity contribution in [1.82, 2.24) is 4.90 Å². The van der Waals surface area contributed by atoms with E-state index in [0.717, 1.165) is 26.2 Å². The molecule has 1 aliphatic heterocycles. The molecule has 2 unspecified atom stereocenters. The SMILES string of the molecule is CC1CN(CC(N)c2ccc(C(C)(C)C)cc2)CCO1. The first kappa shape index (κ1) is 15.5. The topological polar surface area (TPSA) is 38.5 Å². The number of morpholine rings is 1. The van der Waals surface area contributed by atoms with E-state index in [-0.39, 0.29) is 11.5 Å². The summed E-state index contributed by atoms with van der Waals surface area (Å²) in [6, 6.07) is 8.84. The molecule has 112 valence electrons. The van der Waals surface area contributed by atoms with E-state index in [1.807, 2.05) is 0 Å². The van der Waals surface area contributed by atoms with Crippen LogP contribution in [0, 0.1) is 0 Å². The van der Waals surface area contributed by atoms with Crippen molar-refractivity contribution >= 4 is 0 Å². The first-order chi connectivity index (χ1) is 9.36. The maximum Gasteiger partial charge on any atom is 0.0674 e. The van der Waals surface area contributed by atoms with Gasteiger partial charge in [0.25, 0.3) is 0 Å². The van der Waals surface area contributed by atoms with Crippen molar-refractivity contribution in [2.75, 3.05) is 26.2 Å². The van der Waals surface area contributed by atoms with Crippen molar-refractivity contribution in [3.05, 3.63) is 35.4 Å². The fourth-order valence-corrected chi connectivity index (χ4v) is 2.67. The summed E-state index contributed by atoms with van der Waals surface area (Å²) >= 11 is 0. The van der Waals surface area contributed by atoms with Crippen LogP contribution in [0.4, 0.5) is 0 Å². The molecule has 1 heterocycles. The Labute approximate surface area is 123 Å². The number of benzene rings is 1. The molecule has 1 saturated heterocycles. The second kappa shape index (κ2) is 6.25. The lowest BCUT2D eigenvalue weighted by molar-refractivity contribution is -0.0199. The highest BCUT2D eigenvalue weighted by Gasteiger charge is 2.20. The van der Waals surface area contributed by atoms with Crippen LogP contribution < -0.4 is 5.73 Å². The van der Waals surface area contributed by atoms with Crippen LogP contribution in [0.15, 0.2) is 24.3 Å². The molecule has 3 nitrogen and oxygen atoms in total. The third-order valence-corrected chi connectivity index (χ3v) is 3.98. The molecule has 1 aromatic rings. The van der Waals surface area contributed by atoms with Crippen molar-refractivity contribution in [1.29, 1.82) is 0 Å². The molecule has 0 aromatic heterocycles. The largest absolute Gasteiger partial charge is 0.376 e. The van der Waals surface area contributed by atoms with Crippen LogP contribution in [0.25, 0.3) is 0 Å². The predicted molar refractivity (Wildman–Crippen MR) is 83.9 cm³/mol. The normalized spacial score (nSPS) is 22.8. The molecule has 1 aliphatic rings. The average Bonchev–Trinajstić information content (AvgIpc) is 2.38. The molecular formula is C17H28N2O. The van der Waals surface area contributed by atoms with Gasteiger partial charge in [-0.3, -0.25) is 4.90 Å². The minimum Gasteiger partial charge on any atom is -0.376 e. The number of hydrogen-bond acceptors (Lipinski definition) is 3. The van der Waals surface area contributed by atoms with E-state index in [2.05, 4.69) is 56.9 Å². The molecule has 1 fully saturated rings. The van der Waals surface area contributed by atoms with Gasteiger partial charge >= 0.3 is 0 Å². The predicted octanol–water partition coefficient (Wildman–Crippen LogP) is 2.70. The van der Waals surface area contributed by atoms with Crippen molar-refractivity contribution in [2.45, 2.75) is 45.3 Å². The Bertz CT molecular complexity index is 422. The van der Waals surface area contributed by atoms with Crippen molar-refractivity contribution < 1.29 is 4.74 Å². The van der Waals surface area contributed by atoms with Crippen LogP contribution in [0.3, 0.4) is 0 Å². The van der Waals surface area contributed by atoms with Gasteiger partial charge in [-0.2, -0.15) is 0 Å². The maximum absolute atomic E-state index is 6.35. The Morgan fingerprint density at radius 3 is 2.50 bits per heavy atom. The molecule has 1 aromatic carbocycles. The van der Waals surface area contributed by atoms with Gasteiger partial charge in [0.2, 0.25) is 0 Å². The first-order valence-electron chi connectivity index (χ1n) is 7.56. The van der Waals surface area contributed by atoms with Crippen LogP contribution >= 0.6 is 0 Å². The fourth-order valence-electron chi connectivity index (χ4n) is 2.67. The first-order valence-corrected chi connectivity index (χ1v) is 7.56. The minimum atomic E-state index is 0.0781. The smallest absolute Gasteiger partial charge is 0.0674 e. The molecule has 20 heavy (non-hydrogen) atoms. The Balaban J connectivity index is 1.97. The van der Waals surface area contributed by atoms with Gasteiger partial charge in [0, 0.05) is 25.7 Å². The van der Waals surface area contributed by atoms with E-state index in [9.17, 15) is 0 Å². The summed E-state index contributed by atoms with van der Waals surface area (Å²) in [4.78, 5) is 2.40. The van der Waals surface area contributed by atoms with Gasteiger partial charge in [-0.25, -0.2) is 0 Å². The lowest BCUT2D eigenvalue weighted by Gasteiger charge is -2.33. The average molecular weight is 276 g/mol. The van der Waals surface area contributed by atoms with Crippen LogP contribution in [-0.4, -0.2) is 37.2 Å². The Hall–Kier alpha value is -0.900. The van der Waals surface area contributed by atoms with Crippen molar-refractivity contribution in [3.63, 3.8) is 0 Å².